The monoisotopic (exact) mass is 287 g/mol. The van der Waals surface area contributed by atoms with Crippen LogP contribution in [-0.2, 0) is 13.0 Å². The van der Waals surface area contributed by atoms with Gasteiger partial charge in [0, 0.05) is 13.0 Å². The predicted molar refractivity (Wildman–Crippen MR) is 53.3 cm³/mol. The predicted octanol–water partition coefficient (Wildman–Crippen LogP) is 1.94. The van der Waals surface area contributed by atoms with Gasteiger partial charge in [0.1, 0.15) is 5.78 Å². The van der Waals surface area contributed by atoms with Crippen LogP contribution in [0, 0.1) is 0 Å². The molecule has 72 valence electrons. The van der Waals surface area contributed by atoms with Crippen LogP contribution in [0.25, 0.3) is 0 Å². The molecule has 0 saturated heterocycles. The summed E-state index contributed by atoms with van der Waals surface area (Å²) >= 11 is 1.64. The number of carbonyl (C=O) groups is 1. The zero-order valence-corrected chi connectivity index (χ0v) is 9.30. The summed E-state index contributed by atoms with van der Waals surface area (Å²) in [7, 11) is 0. The highest BCUT2D eigenvalue weighted by Crippen LogP contribution is 1.99. The van der Waals surface area contributed by atoms with Crippen LogP contribution < -0.4 is 5.48 Å². The summed E-state index contributed by atoms with van der Waals surface area (Å²) in [6, 6.07) is 0. The second-order valence-corrected chi connectivity index (χ2v) is 2.91. The SMILES string of the molecule is CC(=O)CCCCCNOOI. The van der Waals surface area contributed by atoms with E-state index in [0.717, 1.165) is 25.8 Å². The fourth-order valence-corrected chi connectivity index (χ4v) is 0.939. The second-order valence-electron chi connectivity index (χ2n) is 2.55. The molecule has 0 heterocycles. The van der Waals surface area contributed by atoms with Gasteiger partial charge in [-0.15, -0.1) is 8.21 Å². The average Bonchev–Trinajstić information content (AvgIpc) is 2.02. The van der Waals surface area contributed by atoms with Crippen LogP contribution in [0.3, 0.4) is 0 Å². The standard InChI is InChI=1S/C7H14INO3/c1-7(10)5-3-2-4-6-9-12-11-8/h9H,2-6H2,1H3. The Bertz CT molecular complexity index is 121. The van der Waals surface area contributed by atoms with Gasteiger partial charge >= 0.3 is 0 Å². The lowest BCUT2D eigenvalue weighted by molar-refractivity contribution is -0.222. The molecule has 12 heavy (non-hydrogen) atoms. The third kappa shape index (κ3) is 10.3. The topological polar surface area (TPSA) is 47.6 Å². The average molecular weight is 287 g/mol. The minimum atomic E-state index is 0.259. The molecule has 0 spiro atoms. The Kier molecular flexibility index (Phi) is 9.59. The van der Waals surface area contributed by atoms with Crippen molar-refractivity contribution in [3.05, 3.63) is 0 Å². The number of halogens is 1. The van der Waals surface area contributed by atoms with Gasteiger partial charge in [0.25, 0.3) is 0 Å². The molecular weight excluding hydrogens is 273 g/mol. The van der Waals surface area contributed by atoms with Crippen LogP contribution in [0.4, 0.5) is 0 Å². The minimum Gasteiger partial charge on any atom is -0.300 e. The number of hydrogen-bond donors (Lipinski definition) is 1. The number of carbonyl (C=O) groups excluding carboxylic acids is 1. The lowest BCUT2D eigenvalue weighted by atomic mass is 10.1. The van der Waals surface area contributed by atoms with E-state index in [2.05, 4.69) is 13.7 Å². The first-order valence-corrected chi connectivity index (χ1v) is 4.82. The Morgan fingerprint density at radius 2 is 2.17 bits per heavy atom. The Hall–Kier alpha value is 0.280. The van der Waals surface area contributed by atoms with Crippen molar-refractivity contribution >= 4 is 28.8 Å². The van der Waals surface area contributed by atoms with Gasteiger partial charge in [-0.25, -0.2) is 0 Å². The van der Waals surface area contributed by atoms with E-state index in [-0.39, 0.29) is 5.78 Å². The number of hydrogen-bond acceptors (Lipinski definition) is 4. The van der Waals surface area contributed by atoms with E-state index in [1.807, 2.05) is 0 Å². The molecule has 0 fully saturated rings. The number of rotatable bonds is 8. The Morgan fingerprint density at radius 1 is 1.42 bits per heavy atom. The molecule has 0 aromatic carbocycles. The molecule has 0 aliphatic rings. The smallest absolute Gasteiger partial charge is 0.157 e. The number of nitrogens with one attached hydrogen (secondary N) is 1. The van der Waals surface area contributed by atoms with Crippen molar-refractivity contribution in [2.24, 2.45) is 0 Å². The number of Topliss-reactive ketones (excluding diaryl/α,β-unsaturated/α-hetero) is 1. The summed E-state index contributed by atoms with van der Waals surface area (Å²) in [5, 5.41) is 0. The molecule has 0 bridgehead atoms. The molecule has 0 aliphatic carbocycles. The van der Waals surface area contributed by atoms with Gasteiger partial charge in [-0.1, -0.05) is 6.42 Å². The van der Waals surface area contributed by atoms with E-state index in [1.54, 1.807) is 29.9 Å². The number of hydroxylamine groups is 1. The van der Waals surface area contributed by atoms with E-state index < -0.39 is 0 Å². The van der Waals surface area contributed by atoms with Gasteiger partial charge in [0.05, 0.1) is 0 Å². The van der Waals surface area contributed by atoms with Crippen molar-refractivity contribution < 1.29 is 13.0 Å². The lowest BCUT2D eigenvalue weighted by Gasteiger charge is -2.00. The van der Waals surface area contributed by atoms with Crippen LogP contribution in [0.1, 0.15) is 32.6 Å². The molecule has 0 saturated carbocycles. The third-order valence-corrected chi connectivity index (χ3v) is 1.58. The van der Waals surface area contributed by atoms with Crippen LogP contribution in [-0.4, -0.2) is 12.3 Å². The van der Waals surface area contributed by atoms with Crippen LogP contribution in [0.5, 0.6) is 0 Å². The van der Waals surface area contributed by atoms with Gasteiger partial charge in [0.15, 0.2) is 23.0 Å². The van der Waals surface area contributed by atoms with Crippen molar-refractivity contribution in [1.29, 1.82) is 0 Å². The molecule has 0 rings (SSSR count). The molecule has 5 heteroatoms. The van der Waals surface area contributed by atoms with Crippen LogP contribution in [0.2, 0.25) is 0 Å². The molecule has 4 nitrogen and oxygen atoms in total. The van der Waals surface area contributed by atoms with E-state index in [0.29, 0.717) is 6.42 Å². The lowest BCUT2D eigenvalue weighted by Crippen LogP contribution is -2.13. The summed E-state index contributed by atoms with van der Waals surface area (Å²) in [6.45, 7) is 2.37. The summed E-state index contributed by atoms with van der Waals surface area (Å²) in [4.78, 5) is 14.9. The first kappa shape index (κ1) is 12.3. The maximum atomic E-state index is 10.5. The van der Waals surface area contributed by atoms with E-state index in [9.17, 15) is 4.79 Å². The maximum Gasteiger partial charge on any atom is 0.157 e. The molecule has 0 atom stereocenters. The van der Waals surface area contributed by atoms with E-state index in [1.165, 1.54) is 0 Å². The minimum absolute atomic E-state index is 0.259. The molecule has 0 aromatic rings. The fraction of sp³-hybridized carbons (Fsp3) is 0.857. The summed E-state index contributed by atoms with van der Waals surface area (Å²) in [5.74, 6) is 0.259. The van der Waals surface area contributed by atoms with Gasteiger partial charge in [-0.3, -0.25) is 0 Å². The van der Waals surface area contributed by atoms with Crippen LogP contribution >= 0.6 is 23.0 Å². The van der Waals surface area contributed by atoms with E-state index in [4.69, 9.17) is 0 Å². The quantitative estimate of drug-likeness (QED) is 0.321. The summed E-state index contributed by atoms with van der Waals surface area (Å²) in [5.41, 5.74) is 2.61. The molecule has 0 aromatic heterocycles. The van der Waals surface area contributed by atoms with Gasteiger partial charge in [-0.2, -0.15) is 5.48 Å². The molecule has 0 unspecified atom stereocenters. The second kappa shape index (κ2) is 9.37. The van der Waals surface area contributed by atoms with Gasteiger partial charge in [-0.05, 0) is 19.8 Å². The molecule has 0 radical (unpaired) electrons. The van der Waals surface area contributed by atoms with E-state index >= 15 is 0 Å². The highest BCUT2D eigenvalue weighted by atomic mass is 127. The Morgan fingerprint density at radius 3 is 2.75 bits per heavy atom. The van der Waals surface area contributed by atoms with Gasteiger partial charge < -0.3 is 4.79 Å². The Balaban J connectivity index is 2.86. The molecule has 0 amide bonds. The van der Waals surface area contributed by atoms with Crippen molar-refractivity contribution in [2.75, 3.05) is 6.54 Å². The number of unbranched alkanes of at least 4 members (excludes halogenated alkanes) is 2. The van der Waals surface area contributed by atoms with Crippen LogP contribution in [0.15, 0.2) is 0 Å². The highest BCUT2D eigenvalue weighted by Gasteiger charge is 1.93. The van der Waals surface area contributed by atoms with Gasteiger partial charge in [0.2, 0.25) is 0 Å². The zero-order chi connectivity index (χ0) is 9.23. The summed E-state index contributed by atoms with van der Waals surface area (Å²) in [6.07, 6.45) is 3.68. The fourth-order valence-electron chi connectivity index (χ4n) is 0.812. The zero-order valence-electron chi connectivity index (χ0n) is 7.14. The maximum absolute atomic E-state index is 10.5. The largest absolute Gasteiger partial charge is 0.300 e. The van der Waals surface area contributed by atoms with Crippen molar-refractivity contribution in [3.8, 4) is 0 Å². The van der Waals surface area contributed by atoms with Crippen molar-refractivity contribution in [3.63, 3.8) is 0 Å². The Labute approximate surface area is 86.6 Å². The number of ketones is 1. The first-order valence-electron chi connectivity index (χ1n) is 3.94. The first-order chi connectivity index (χ1) is 5.77. The highest BCUT2D eigenvalue weighted by molar-refractivity contribution is 14.1. The molecular formula is C7H14INO3. The third-order valence-electron chi connectivity index (χ3n) is 1.40. The normalized spacial score (nSPS) is 10.2. The van der Waals surface area contributed by atoms with Crippen molar-refractivity contribution in [1.82, 2.24) is 5.48 Å². The molecule has 0 aliphatic heterocycles. The molecule has 1 N–H and O–H groups in total. The van der Waals surface area contributed by atoms with Crippen molar-refractivity contribution in [2.45, 2.75) is 32.6 Å². The summed E-state index contributed by atoms with van der Waals surface area (Å²) < 4.78 is 4.29.